The Kier molecular flexibility index (Phi) is 5.55. The number of nitrogens with zero attached hydrogens (tertiary/aromatic N) is 1. The number of halogens is 2. The molecule has 0 radical (unpaired) electrons. The molecule has 0 unspecified atom stereocenters. The smallest absolute Gasteiger partial charge is 0.238 e. The van der Waals surface area contributed by atoms with Gasteiger partial charge in [0.15, 0.2) is 0 Å². The minimum Gasteiger partial charge on any atom is -0.489 e. The van der Waals surface area contributed by atoms with Crippen LogP contribution in [0.1, 0.15) is 16.5 Å². The Morgan fingerprint density at radius 2 is 1.82 bits per heavy atom. The van der Waals surface area contributed by atoms with Crippen LogP contribution >= 0.6 is 23.4 Å². The highest BCUT2D eigenvalue weighted by atomic mass is 35.5. The van der Waals surface area contributed by atoms with Gasteiger partial charge in [0.1, 0.15) is 23.5 Å². The van der Waals surface area contributed by atoms with Gasteiger partial charge in [0.05, 0.1) is 5.75 Å². The van der Waals surface area contributed by atoms with Gasteiger partial charge in [-0.25, -0.2) is 4.39 Å². The van der Waals surface area contributed by atoms with Crippen molar-refractivity contribution in [1.29, 1.82) is 0 Å². The zero-order chi connectivity index (χ0) is 19.5. The Labute approximate surface area is 172 Å². The normalized spacial score (nSPS) is 16.4. The van der Waals surface area contributed by atoms with E-state index in [0.29, 0.717) is 23.1 Å². The second-order valence-electron chi connectivity index (χ2n) is 6.39. The fourth-order valence-electron chi connectivity index (χ4n) is 3.06. The summed E-state index contributed by atoms with van der Waals surface area (Å²) in [6.45, 7) is 0.349. The summed E-state index contributed by atoms with van der Waals surface area (Å²) in [6, 6.07) is 21.2. The molecule has 28 heavy (non-hydrogen) atoms. The van der Waals surface area contributed by atoms with Crippen molar-refractivity contribution in [2.24, 2.45) is 0 Å². The van der Waals surface area contributed by atoms with Crippen LogP contribution < -0.4 is 9.64 Å². The van der Waals surface area contributed by atoms with E-state index in [9.17, 15) is 9.18 Å². The van der Waals surface area contributed by atoms with Crippen LogP contribution in [0.25, 0.3) is 0 Å². The largest absolute Gasteiger partial charge is 0.489 e. The summed E-state index contributed by atoms with van der Waals surface area (Å²) in [7, 11) is 0. The molecule has 142 valence electrons. The maximum Gasteiger partial charge on any atom is 0.238 e. The van der Waals surface area contributed by atoms with E-state index in [1.165, 1.54) is 12.1 Å². The third-order valence-corrected chi connectivity index (χ3v) is 5.90. The van der Waals surface area contributed by atoms with Crippen LogP contribution in [0.5, 0.6) is 5.75 Å². The maximum atomic E-state index is 13.0. The molecule has 1 aliphatic rings. The Balaban J connectivity index is 1.53. The van der Waals surface area contributed by atoms with Crippen molar-refractivity contribution < 1.29 is 13.9 Å². The van der Waals surface area contributed by atoms with Gasteiger partial charge in [-0.2, -0.15) is 0 Å². The highest BCUT2D eigenvalue weighted by Crippen LogP contribution is 2.42. The van der Waals surface area contributed by atoms with Crippen LogP contribution in [0.15, 0.2) is 72.8 Å². The van der Waals surface area contributed by atoms with Crippen LogP contribution in [0, 0.1) is 5.82 Å². The average Bonchev–Trinajstić information content (AvgIpc) is 3.10. The van der Waals surface area contributed by atoms with Gasteiger partial charge in [0, 0.05) is 10.7 Å². The molecule has 1 fully saturated rings. The molecule has 1 atom stereocenters. The van der Waals surface area contributed by atoms with Crippen LogP contribution in [0.4, 0.5) is 10.1 Å². The molecule has 0 spiro atoms. The lowest BCUT2D eigenvalue weighted by Gasteiger charge is -2.24. The maximum absolute atomic E-state index is 13.0. The predicted octanol–water partition coefficient (Wildman–Crippen LogP) is 5.84. The van der Waals surface area contributed by atoms with Gasteiger partial charge in [-0.15, -0.1) is 11.8 Å². The van der Waals surface area contributed by atoms with Crippen LogP contribution in [0.2, 0.25) is 5.02 Å². The lowest BCUT2D eigenvalue weighted by atomic mass is 10.1. The Morgan fingerprint density at radius 3 is 2.57 bits per heavy atom. The molecule has 0 saturated carbocycles. The number of benzene rings is 3. The number of rotatable bonds is 5. The summed E-state index contributed by atoms with van der Waals surface area (Å²) in [6.07, 6.45) is 0. The molecule has 0 N–H and O–H groups in total. The first-order valence-corrected chi connectivity index (χ1v) is 10.2. The molecule has 0 aromatic heterocycles. The van der Waals surface area contributed by atoms with Crippen LogP contribution in [-0.4, -0.2) is 11.7 Å². The summed E-state index contributed by atoms with van der Waals surface area (Å²) in [5.41, 5.74) is 2.70. The minimum atomic E-state index is -0.268. The number of ether oxygens (including phenoxy) is 1. The quantitative estimate of drug-likeness (QED) is 0.526. The van der Waals surface area contributed by atoms with Gasteiger partial charge in [0.2, 0.25) is 5.91 Å². The lowest BCUT2D eigenvalue weighted by Crippen LogP contribution is -2.27. The third-order valence-electron chi connectivity index (χ3n) is 4.43. The number of amides is 1. The molecule has 0 aliphatic carbocycles. The molecule has 3 aromatic carbocycles. The third kappa shape index (κ3) is 4.16. The van der Waals surface area contributed by atoms with E-state index in [-0.39, 0.29) is 17.1 Å². The van der Waals surface area contributed by atoms with Gasteiger partial charge < -0.3 is 4.74 Å². The van der Waals surface area contributed by atoms with E-state index < -0.39 is 0 Å². The average molecular weight is 414 g/mol. The molecule has 3 aromatic rings. The molecule has 1 heterocycles. The second-order valence-corrected chi connectivity index (χ2v) is 7.90. The highest BCUT2D eigenvalue weighted by molar-refractivity contribution is 8.00. The van der Waals surface area contributed by atoms with Crippen molar-refractivity contribution in [3.63, 3.8) is 0 Å². The molecular formula is C22H17ClFNO2S. The summed E-state index contributed by atoms with van der Waals surface area (Å²) < 4.78 is 18.9. The van der Waals surface area contributed by atoms with Crippen LogP contribution in [-0.2, 0) is 11.4 Å². The molecule has 1 aliphatic heterocycles. The first kappa shape index (κ1) is 18.8. The molecule has 6 heteroatoms. The highest BCUT2D eigenvalue weighted by Gasteiger charge is 2.34. The Bertz CT molecular complexity index is 979. The summed E-state index contributed by atoms with van der Waals surface area (Å²) in [5.74, 6) is 0.928. The molecule has 1 saturated heterocycles. The van der Waals surface area contributed by atoms with Crippen molar-refractivity contribution in [2.75, 3.05) is 10.7 Å². The predicted molar refractivity (Wildman–Crippen MR) is 111 cm³/mol. The molecule has 4 rings (SSSR count). The van der Waals surface area contributed by atoms with Crippen LogP contribution in [0.3, 0.4) is 0 Å². The fourth-order valence-corrected chi connectivity index (χ4v) is 4.35. The van der Waals surface area contributed by atoms with E-state index in [4.69, 9.17) is 16.3 Å². The first-order chi connectivity index (χ1) is 13.6. The van der Waals surface area contributed by atoms with Crippen molar-refractivity contribution in [1.82, 2.24) is 0 Å². The second kappa shape index (κ2) is 8.25. The van der Waals surface area contributed by atoms with Gasteiger partial charge in [-0.1, -0.05) is 35.9 Å². The standard InChI is InChI=1S/C22H17ClFNO2S/c23-17-6-10-19(11-7-17)25-21(26)14-28-22(25)16-2-1-3-20(12-16)27-13-15-4-8-18(24)9-5-15/h1-12,22H,13-14H2/t22-/m0/s1. The summed E-state index contributed by atoms with van der Waals surface area (Å²) >= 11 is 7.56. The van der Waals surface area contributed by atoms with E-state index in [2.05, 4.69) is 0 Å². The molecule has 1 amide bonds. The van der Waals surface area contributed by atoms with E-state index in [0.717, 1.165) is 16.8 Å². The van der Waals surface area contributed by atoms with E-state index in [1.807, 2.05) is 36.4 Å². The van der Waals surface area contributed by atoms with E-state index >= 15 is 0 Å². The number of carbonyl (C=O) groups excluding carboxylic acids is 1. The monoisotopic (exact) mass is 413 g/mol. The first-order valence-electron chi connectivity index (χ1n) is 8.76. The van der Waals surface area contributed by atoms with Crippen molar-refractivity contribution in [3.8, 4) is 5.75 Å². The minimum absolute atomic E-state index is 0.0648. The fraction of sp³-hybridized carbons (Fsp3) is 0.136. The number of anilines is 1. The van der Waals surface area contributed by atoms with E-state index in [1.54, 1.807) is 40.9 Å². The van der Waals surface area contributed by atoms with Crippen molar-refractivity contribution in [3.05, 3.63) is 94.8 Å². The molecular weight excluding hydrogens is 397 g/mol. The van der Waals surface area contributed by atoms with Gasteiger partial charge in [0.25, 0.3) is 0 Å². The summed E-state index contributed by atoms with van der Waals surface area (Å²) in [4.78, 5) is 14.3. The van der Waals surface area contributed by atoms with Gasteiger partial charge in [-0.05, 0) is 59.7 Å². The number of thioether (sulfide) groups is 1. The SMILES string of the molecule is O=C1CS[C@@H](c2cccc(OCc3ccc(F)cc3)c2)N1c1ccc(Cl)cc1. The topological polar surface area (TPSA) is 29.5 Å². The van der Waals surface area contributed by atoms with Crippen molar-refractivity contribution in [2.45, 2.75) is 12.0 Å². The van der Waals surface area contributed by atoms with Gasteiger partial charge >= 0.3 is 0 Å². The Morgan fingerprint density at radius 1 is 1.07 bits per heavy atom. The zero-order valence-electron chi connectivity index (χ0n) is 14.8. The van der Waals surface area contributed by atoms with Crippen molar-refractivity contribution >= 4 is 35.0 Å². The lowest BCUT2D eigenvalue weighted by molar-refractivity contribution is -0.115. The number of hydrogen-bond donors (Lipinski definition) is 0. The molecule has 3 nitrogen and oxygen atoms in total. The number of hydrogen-bond acceptors (Lipinski definition) is 3. The van der Waals surface area contributed by atoms with Gasteiger partial charge in [-0.3, -0.25) is 9.69 Å². The Hall–Kier alpha value is -2.50. The number of carbonyl (C=O) groups is 1. The molecule has 0 bridgehead atoms. The summed E-state index contributed by atoms with van der Waals surface area (Å²) in [5, 5.41) is 0.513. The zero-order valence-corrected chi connectivity index (χ0v) is 16.4.